The largest absolute Gasteiger partial charge is 0.497 e. The van der Waals surface area contributed by atoms with E-state index in [4.69, 9.17) is 14.8 Å². The second kappa shape index (κ2) is 8.70. The molecule has 7 nitrogen and oxygen atoms in total. The Balaban J connectivity index is 1.62. The van der Waals surface area contributed by atoms with Crippen LogP contribution in [-0.4, -0.2) is 47.2 Å². The van der Waals surface area contributed by atoms with Gasteiger partial charge in [-0.3, -0.25) is 4.79 Å². The summed E-state index contributed by atoms with van der Waals surface area (Å²) in [4.78, 5) is 22.3. The van der Waals surface area contributed by atoms with Crippen LogP contribution in [0.3, 0.4) is 0 Å². The van der Waals surface area contributed by atoms with E-state index >= 15 is 0 Å². The molecule has 0 aliphatic heterocycles. The Hall–Kier alpha value is -3.49. The number of aromatic nitrogens is 3. The van der Waals surface area contributed by atoms with E-state index in [1.54, 1.807) is 18.4 Å². The Morgan fingerprint density at radius 1 is 1.09 bits per heavy atom. The summed E-state index contributed by atoms with van der Waals surface area (Å²) in [5.41, 5.74) is 2.59. The number of aryl methyl sites for hydroxylation is 2. The van der Waals surface area contributed by atoms with Gasteiger partial charge in [-0.05, 0) is 51.2 Å². The Morgan fingerprint density at radius 2 is 1.79 bits per heavy atom. The molecule has 0 bridgehead atoms. The maximum atomic E-state index is 13.5. The van der Waals surface area contributed by atoms with Gasteiger partial charge in [-0.25, -0.2) is 4.98 Å². The summed E-state index contributed by atoms with van der Waals surface area (Å²) in [5, 5.41) is 10.8. The van der Waals surface area contributed by atoms with E-state index in [-0.39, 0.29) is 11.6 Å². The fourth-order valence-electron chi connectivity index (χ4n) is 4.34. The molecule has 1 atom stereocenters. The quantitative estimate of drug-likeness (QED) is 0.357. The maximum absolute atomic E-state index is 13.5. The summed E-state index contributed by atoms with van der Waals surface area (Å²) in [7, 11) is 5.77. The Bertz CT molecular complexity index is 1570. The molecule has 2 aromatic carbocycles. The number of likely N-dealkylation sites (N-methyl/N-ethyl adjacent to an activating group) is 1. The summed E-state index contributed by atoms with van der Waals surface area (Å²) in [6.07, 6.45) is 0. The van der Waals surface area contributed by atoms with Crippen molar-refractivity contribution in [3.05, 3.63) is 74.9 Å². The smallest absolute Gasteiger partial charge is 0.283 e. The molecule has 1 N–H and O–H groups in total. The lowest BCUT2D eigenvalue weighted by Crippen LogP contribution is -2.28. The van der Waals surface area contributed by atoms with Gasteiger partial charge in [-0.1, -0.05) is 36.4 Å². The zero-order chi connectivity index (χ0) is 24.0. The molecule has 0 spiro atoms. The van der Waals surface area contributed by atoms with Crippen LogP contribution >= 0.6 is 11.3 Å². The second-order valence-electron chi connectivity index (χ2n) is 8.64. The lowest BCUT2D eigenvalue weighted by Gasteiger charge is -2.26. The first-order chi connectivity index (χ1) is 16.4. The number of nitrogens with zero attached hydrogens (tertiary/aromatic N) is 4. The zero-order valence-corrected chi connectivity index (χ0v) is 20.7. The van der Waals surface area contributed by atoms with Gasteiger partial charge < -0.3 is 15.0 Å². The van der Waals surface area contributed by atoms with Crippen molar-refractivity contribution in [3.8, 4) is 5.75 Å². The van der Waals surface area contributed by atoms with Gasteiger partial charge in [0.25, 0.3) is 5.56 Å². The number of nitrogens with one attached hydrogen (secondary N) is 1. The van der Waals surface area contributed by atoms with E-state index in [0.29, 0.717) is 23.4 Å². The van der Waals surface area contributed by atoms with Crippen molar-refractivity contribution in [1.29, 1.82) is 0 Å². The summed E-state index contributed by atoms with van der Waals surface area (Å²) >= 11 is 1.56. The molecule has 34 heavy (non-hydrogen) atoms. The van der Waals surface area contributed by atoms with Crippen molar-refractivity contribution in [2.75, 3.05) is 33.1 Å². The molecular weight excluding hydrogens is 446 g/mol. The van der Waals surface area contributed by atoms with Crippen molar-refractivity contribution in [2.24, 2.45) is 0 Å². The summed E-state index contributed by atoms with van der Waals surface area (Å²) in [6, 6.07) is 16.1. The molecule has 0 fully saturated rings. The molecule has 0 radical (unpaired) electrons. The van der Waals surface area contributed by atoms with Crippen molar-refractivity contribution < 1.29 is 4.74 Å². The first kappa shape index (κ1) is 22.3. The SMILES string of the molecule is COc1ccc(C(CNc2nn3c(=O)c4c(C)c(C)sc4nc3c3ccccc23)N(C)C)cc1. The molecule has 174 valence electrons. The van der Waals surface area contributed by atoms with Crippen LogP contribution in [0.5, 0.6) is 5.75 Å². The highest BCUT2D eigenvalue weighted by Crippen LogP contribution is 2.30. The van der Waals surface area contributed by atoms with Crippen molar-refractivity contribution in [3.63, 3.8) is 0 Å². The first-order valence-electron chi connectivity index (χ1n) is 11.1. The van der Waals surface area contributed by atoms with E-state index in [2.05, 4.69) is 36.4 Å². The Kier molecular flexibility index (Phi) is 5.71. The topological polar surface area (TPSA) is 71.8 Å². The van der Waals surface area contributed by atoms with E-state index in [1.165, 1.54) is 4.52 Å². The zero-order valence-electron chi connectivity index (χ0n) is 19.9. The normalized spacial score (nSPS) is 12.6. The predicted octanol–water partition coefficient (Wildman–Crippen LogP) is 4.80. The lowest BCUT2D eigenvalue weighted by molar-refractivity contribution is 0.311. The van der Waals surface area contributed by atoms with Crippen LogP contribution in [0.2, 0.25) is 0 Å². The lowest BCUT2D eigenvalue weighted by atomic mass is 10.1. The number of fused-ring (bicyclic) bond motifs is 4. The van der Waals surface area contributed by atoms with Crippen LogP contribution in [0.25, 0.3) is 26.6 Å². The van der Waals surface area contributed by atoms with Gasteiger partial charge >= 0.3 is 0 Å². The summed E-state index contributed by atoms with van der Waals surface area (Å²) < 4.78 is 6.75. The fourth-order valence-corrected chi connectivity index (χ4v) is 5.36. The van der Waals surface area contributed by atoms with Gasteiger partial charge in [0.15, 0.2) is 11.5 Å². The van der Waals surface area contributed by atoms with E-state index in [1.807, 2.05) is 50.2 Å². The molecule has 3 heterocycles. The van der Waals surface area contributed by atoms with Gasteiger partial charge in [0, 0.05) is 22.2 Å². The number of anilines is 1. The van der Waals surface area contributed by atoms with E-state index in [0.717, 1.165) is 37.4 Å². The first-order valence-corrected chi connectivity index (χ1v) is 12.0. The van der Waals surface area contributed by atoms with E-state index in [9.17, 15) is 4.79 Å². The molecule has 5 rings (SSSR count). The van der Waals surface area contributed by atoms with Gasteiger partial charge in [-0.15, -0.1) is 16.4 Å². The standard InChI is InChI=1S/C26H27N5O2S/c1-15-16(2)34-25-22(15)26(32)31-24(28-25)20-9-7-6-8-19(20)23(29-31)27-14-21(30(3)4)17-10-12-18(33-5)13-11-17/h6-13,21H,14H2,1-5H3,(H,27,29). The third kappa shape index (κ3) is 3.69. The molecule has 3 aromatic heterocycles. The molecule has 8 heteroatoms. The Morgan fingerprint density at radius 3 is 2.47 bits per heavy atom. The molecule has 0 aliphatic rings. The summed E-state index contributed by atoms with van der Waals surface area (Å²) in [5.74, 6) is 1.49. The minimum Gasteiger partial charge on any atom is -0.497 e. The molecule has 0 saturated carbocycles. The van der Waals surface area contributed by atoms with Crippen molar-refractivity contribution in [2.45, 2.75) is 19.9 Å². The van der Waals surface area contributed by atoms with Gasteiger partial charge in [0.05, 0.1) is 18.5 Å². The number of benzene rings is 2. The number of rotatable bonds is 6. The number of methoxy groups -OCH3 is 1. The highest BCUT2D eigenvalue weighted by molar-refractivity contribution is 7.18. The molecule has 1 unspecified atom stereocenters. The molecule has 0 amide bonds. The Labute approximate surface area is 201 Å². The van der Waals surface area contributed by atoms with Crippen LogP contribution in [0.1, 0.15) is 22.0 Å². The van der Waals surface area contributed by atoms with Crippen LogP contribution in [0.4, 0.5) is 5.82 Å². The average Bonchev–Trinajstić information content (AvgIpc) is 3.13. The molecular formula is C26H27N5O2S. The molecule has 0 aliphatic carbocycles. The molecule has 0 saturated heterocycles. The fraction of sp³-hybridized carbons (Fsp3) is 0.269. The van der Waals surface area contributed by atoms with Crippen LogP contribution < -0.4 is 15.6 Å². The highest BCUT2D eigenvalue weighted by Gasteiger charge is 2.19. The van der Waals surface area contributed by atoms with Crippen LogP contribution in [0, 0.1) is 13.8 Å². The monoisotopic (exact) mass is 473 g/mol. The summed E-state index contributed by atoms with van der Waals surface area (Å²) in [6.45, 7) is 4.61. The number of hydrogen-bond acceptors (Lipinski definition) is 7. The molecule has 5 aromatic rings. The third-order valence-electron chi connectivity index (χ3n) is 6.39. The minimum atomic E-state index is -0.130. The second-order valence-corrected chi connectivity index (χ2v) is 9.85. The van der Waals surface area contributed by atoms with Crippen molar-refractivity contribution >= 4 is 43.8 Å². The third-order valence-corrected chi connectivity index (χ3v) is 7.49. The highest BCUT2D eigenvalue weighted by atomic mass is 32.1. The van der Waals surface area contributed by atoms with Gasteiger partial charge in [-0.2, -0.15) is 4.52 Å². The van der Waals surface area contributed by atoms with Crippen LogP contribution in [-0.2, 0) is 0 Å². The minimum absolute atomic E-state index is 0.0984. The van der Waals surface area contributed by atoms with Crippen molar-refractivity contribution in [1.82, 2.24) is 19.5 Å². The maximum Gasteiger partial charge on any atom is 0.283 e. The number of thiophene rings is 1. The van der Waals surface area contributed by atoms with Gasteiger partial charge in [0.2, 0.25) is 0 Å². The number of hydrogen-bond donors (Lipinski definition) is 1. The number of ether oxygens (including phenoxy) is 1. The van der Waals surface area contributed by atoms with Gasteiger partial charge in [0.1, 0.15) is 10.6 Å². The van der Waals surface area contributed by atoms with Crippen LogP contribution in [0.15, 0.2) is 53.3 Å². The average molecular weight is 474 g/mol. The predicted molar refractivity (Wildman–Crippen MR) is 140 cm³/mol. The van der Waals surface area contributed by atoms with E-state index < -0.39 is 0 Å².